The molecule has 1 heterocycles. The number of ether oxygens (including phenoxy) is 2. The molecule has 0 saturated heterocycles. The van der Waals surface area contributed by atoms with Crippen LogP contribution in [0, 0.1) is 0 Å². The molecule has 0 bridgehead atoms. The van der Waals surface area contributed by atoms with E-state index in [0.29, 0.717) is 19.5 Å². The van der Waals surface area contributed by atoms with Gasteiger partial charge in [0.25, 0.3) is 0 Å². The second-order valence-electron chi connectivity index (χ2n) is 3.84. The van der Waals surface area contributed by atoms with Crippen molar-refractivity contribution in [2.45, 2.75) is 6.42 Å². The van der Waals surface area contributed by atoms with E-state index in [4.69, 9.17) is 9.47 Å². The van der Waals surface area contributed by atoms with Crippen LogP contribution >= 0.6 is 0 Å². The van der Waals surface area contributed by atoms with Crippen molar-refractivity contribution < 1.29 is 14.3 Å². The van der Waals surface area contributed by atoms with Crippen molar-refractivity contribution in [1.29, 1.82) is 0 Å². The van der Waals surface area contributed by atoms with E-state index < -0.39 is 0 Å². The summed E-state index contributed by atoms with van der Waals surface area (Å²) < 4.78 is 10.5. The monoisotopic (exact) mass is 248 g/mol. The van der Waals surface area contributed by atoms with Gasteiger partial charge in [0, 0.05) is 31.3 Å². The summed E-state index contributed by atoms with van der Waals surface area (Å²) in [6.45, 7) is 4.88. The van der Waals surface area contributed by atoms with Gasteiger partial charge in [-0.1, -0.05) is 6.08 Å². The van der Waals surface area contributed by atoms with Gasteiger partial charge in [0.2, 0.25) is 12.7 Å². The van der Waals surface area contributed by atoms with Gasteiger partial charge in [-0.05, 0) is 12.1 Å². The van der Waals surface area contributed by atoms with E-state index in [9.17, 15) is 4.79 Å². The van der Waals surface area contributed by atoms with E-state index in [-0.39, 0.29) is 12.7 Å². The van der Waals surface area contributed by atoms with E-state index in [2.05, 4.69) is 17.2 Å². The fourth-order valence-electron chi connectivity index (χ4n) is 1.60. The van der Waals surface area contributed by atoms with Crippen molar-refractivity contribution in [3.8, 4) is 11.5 Å². The number of nitrogens with one attached hydrogen (secondary N) is 2. The zero-order valence-electron chi connectivity index (χ0n) is 10.1. The number of fused-ring (bicyclic) bond motifs is 1. The number of carbonyl (C=O) groups is 1. The fourth-order valence-corrected chi connectivity index (χ4v) is 1.60. The standard InChI is InChI=1S/C13H16N2O3/c1-2-6-15-13(16)5-7-14-10-3-4-11-12(8-10)18-9-17-11/h2-4,8,14H,1,5-7,9H2,(H,15,16). The molecule has 0 fully saturated rings. The summed E-state index contributed by atoms with van der Waals surface area (Å²) in [5, 5.41) is 5.88. The van der Waals surface area contributed by atoms with Crippen LogP contribution in [0.5, 0.6) is 11.5 Å². The lowest BCUT2D eigenvalue weighted by Gasteiger charge is -2.07. The zero-order valence-corrected chi connectivity index (χ0v) is 10.1. The first-order valence-electron chi connectivity index (χ1n) is 5.80. The quantitative estimate of drug-likeness (QED) is 0.749. The Bertz CT molecular complexity index is 446. The second-order valence-corrected chi connectivity index (χ2v) is 3.84. The Morgan fingerprint density at radius 2 is 2.22 bits per heavy atom. The van der Waals surface area contributed by atoms with Gasteiger partial charge in [-0.2, -0.15) is 0 Å². The average molecular weight is 248 g/mol. The first kappa shape index (κ1) is 12.3. The van der Waals surface area contributed by atoms with Crippen LogP contribution in [0.4, 0.5) is 5.69 Å². The highest BCUT2D eigenvalue weighted by atomic mass is 16.7. The van der Waals surface area contributed by atoms with Crippen molar-refractivity contribution in [3.05, 3.63) is 30.9 Å². The van der Waals surface area contributed by atoms with Gasteiger partial charge in [-0.15, -0.1) is 6.58 Å². The summed E-state index contributed by atoms with van der Waals surface area (Å²) >= 11 is 0. The van der Waals surface area contributed by atoms with Crippen molar-refractivity contribution >= 4 is 11.6 Å². The number of amides is 1. The maximum Gasteiger partial charge on any atom is 0.231 e. The van der Waals surface area contributed by atoms with Crippen molar-refractivity contribution in [2.24, 2.45) is 0 Å². The molecule has 0 aliphatic carbocycles. The SMILES string of the molecule is C=CCNC(=O)CCNc1ccc2c(c1)OCO2. The van der Waals surface area contributed by atoms with Gasteiger partial charge in [0.15, 0.2) is 11.5 Å². The van der Waals surface area contributed by atoms with Crippen LogP contribution in [0.25, 0.3) is 0 Å². The first-order valence-corrected chi connectivity index (χ1v) is 5.80. The molecular weight excluding hydrogens is 232 g/mol. The smallest absolute Gasteiger partial charge is 0.231 e. The Morgan fingerprint density at radius 1 is 1.39 bits per heavy atom. The molecule has 1 aliphatic heterocycles. The molecule has 1 amide bonds. The molecule has 0 spiro atoms. The molecular formula is C13H16N2O3. The largest absolute Gasteiger partial charge is 0.454 e. The summed E-state index contributed by atoms with van der Waals surface area (Å²) in [6, 6.07) is 5.61. The van der Waals surface area contributed by atoms with Crippen LogP contribution in [-0.2, 0) is 4.79 Å². The predicted octanol–water partition coefficient (Wildman–Crippen LogP) is 1.52. The highest BCUT2D eigenvalue weighted by Crippen LogP contribution is 2.34. The van der Waals surface area contributed by atoms with Crippen LogP contribution < -0.4 is 20.1 Å². The van der Waals surface area contributed by atoms with Crippen molar-refractivity contribution in [2.75, 3.05) is 25.2 Å². The Hall–Kier alpha value is -2.17. The summed E-state index contributed by atoms with van der Waals surface area (Å²) in [5.41, 5.74) is 0.913. The van der Waals surface area contributed by atoms with Gasteiger partial charge in [0.1, 0.15) is 0 Å². The highest BCUT2D eigenvalue weighted by Gasteiger charge is 2.12. The van der Waals surface area contributed by atoms with Gasteiger partial charge in [-0.3, -0.25) is 4.79 Å². The fraction of sp³-hybridized carbons (Fsp3) is 0.308. The highest BCUT2D eigenvalue weighted by molar-refractivity contribution is 5.76. The topological polar surface area (TPSA) is 59.6 Å². The van der Waals surface area contributed by atoms with Gasteiger partial charge >= 0.3 is 0 Å². The summed E-state index contributed by atoms with van der Waals surface area (Å²) in [7, 11) is 0. The van der Waals surface area contributed by atoms with Crippen LogP contribution in [-0.4, -0.2) is 25.8 Å². The lowest BCUT2D eigenvalue weighted by atomic mass is 10.2. The van der Waals surface area contributed by atoms with Crippen molar-refractivity contribution in [1.82, 2.24) is 5.32 Å². The minimum absolute atomic E-state index is 0.00291. The number of hydrogen-bond donors (Lipinski definition) is 2. The van der Waals surface area contributed by atoms with Crippen LogP contribution in [0.1, 0.15) is 6.42 Å². The predicted molar refractivity (Wildman–Crippen MR) is 68.9 cm³/mol. The molecule has 96 valence electrons. The minimum atomic E-state index is 0.00291. The lowest BCUT2D eigenvalue weighted by Crippen LogP contribution is -2.25. The summed E-state index contributed by atoms with van der Waals surface area (Å²) in [5.74, 6) is 1.49. The number of benzene rings is 1. The molecule has 1 aliphatic rings. The van der Waals surface area contributed by atoms with E-state index in [1.165, 1.54) is 0 Å². The second kappa shape index (κ2) is 5.95. The van der Waals surface area contributed by atoms with Crippen molar-refractivity contribution in [3.63, 3.8) is 0 Å². The molecule has 1 aromatic rings. The first-order chi connectivity index (χ1) is 8.79. The van der Waals surface area contributed by atoms with Crippen LogP contribution in [0.15, 0.2) is 30.9 Å². The molecule has 0 unspecified atom stereocenters. The minimum Gasteiger partial charge on any atom is -0.454 e. The van der Waals surface area contributed by atoms with E-state index >= 15 is 0 Å². The number of carbonyl (C=O) groups excluding carboxylic acids is 1. The third-order valence-electron chi connectivity index (χ3n) is 2.50. The maximum absolute atomic E-state index is 11.3. The van der Waals surface area contributed by atoms with Gasteiger partial charge < -0.3 is 20.1 Å². The third kappa shape index (κ3) is 3.16. The molecule has 5 nitrogen and oxygen atoms in total. The number of rotatable bonds is 6. The molecule has 0 atom stereocenters. The Balaban J connectivity index is 1.77. The number of anilines is 1. The lowest BCUT2D eigenvalue weighted by molar-refractivity contribution is -0.120. The maximum atomic E-state index is 11.3. The zero-order chi connectivity index (χ0) is 12.8. The van der Waals surface area contributed by atoms with E-state index in [1.54, 1.807) is 6.08 Å². The van der Waals surface area contributed by atoms with Crippen LogP contribution in [0.3, 0.4) is 0 Å². The molecule has 5 heteroatoms. The molecule has 2 N–H and O–H groups in total. The normalized spacial score (nSPS) is 12.0. The molecule has 2 rings (SSSR count). The molecule has 0 radical (unpaired) electrons. The number of hydrogen-bond acceptors (Lipinski definition) is 4. The molecule has 1 aromatic carbocycles. The molecule has 0 aromatic heterocycles. The Morgan fingerprint density at radius 3 is 3.06 bits per heavy atom. The van der Waals surface area contributed by atoms with Gasteiger partial charge in [0.05, 0.1) is 0 Å². The average Bonchev–Trinajstić information content (AvgIpc) is 2.83. The molecule has 0 saturated carbocycles. The Labute approximate surface area is 106 Å². The molecule has 18 heavy (non-hydrogen) atoms. The van der Waals surface area contributed by atoms with Gasteiger partial charge in [-0.25, -0.2) is 0 Å². The van der Waals surface area contributed by atoms with Crippen LogP contribution in [0.2, 0.25) is 0 Å². The van der Waals surface area contributed by atoms with E-state index in [1.807, 2.05) is 18.2 Å². The Kier molecular flexibility index (Phi) is 4.06. The summed E-state index contributed by atoms with van der Waals surface area (Å²) in [6.07, 6.45) is 2.07. The van der Waals surface area contributed by atoms with E-state index in [0.717, 1.165) is 17.2 Å². The third-order valence-corrected chi connectivity index (χ3v) is 2.50. The summed E-state index contributed by atoms with van der Waals surface area (Å²) in [4.78, 5) is 11.3.